The van der Waals surface area contributed by atoms with Crippen LogP contribution in [0.1, 0.15) is 198 Å². The molecule has 4 aliphatic rings. The molecule has 4 N–H and O–H groups in total. The van der Waals surface area contributed by atoms with Crippen LogP contribution in [0.15, 0.2) is 39.9 Å². The molecule has 71 heavy (non-hydrogen) atoms. The predicted molar refractivity (Wildman–Crippen MR) is 265 cm³/mol. The lowest BCUT2D eigenvalue weighted by Crippen LogP contribution is -2.45. The lowest BCUT2D eigenvalue weighted by Gasteiger charge is -2.36. The fraction of sp³-hybridized carbons (Fsp3) is 0.630. The largest absolute Gasteiger partial charge is 0.483 e. The predicted octanol–water partition coefficient (Wildman–Crippen LogP) is 11.1. The van der Waals surface area contributed by atoms with Gasteiger partial charge in [0.2, 0.25) is 0 Å². The Hall–Kier alpha value is -5.35. The highest BCUT2D eigenvalue weighted by Crippen LogP contribution is 2.38. The van der Waals surface area contributed by atoms with Gasteiger partial charge >= 0.3 is 6.18 Å². The van der Waals surface area contributed by atoms with Crippen molar-refractivity contribution in [2.75, 3.05) is 6.54 Å². The Morgan fingerprint density at radius 1 is 0.704 bits per heavy atom. The highest BCUT2D eigenvalue weighted by Gasteiger charge is 2.38. The van der Waals surface area contributed by atoms with Gasteiger partial charge in [-0.25, -0.2) is 8.78 Å². The summed E-state index contributed by atoms with van der Waals surface area (Å²) in [6.45, 7) is 7.85. The summed E-state index contributed by atoms with van der Waals surface area (Å²) >= 11 is 0. The third-order valence-electron chi connectivity index (χ3n) is 14.3. The third kappa shape index (κ3) is 18.0. The zero-order chi connectivity index (χ0) is 52.6. The van der Waals surface area contributed by atoms with Crippen LogP contribution < -0.4 is 21.8 Å². The van der Waals surface area contributed by atoms with E-state index >= 15 is 0 Å². The molecule has 0 radical (unpaired) electrons. The Bertz CT molecular complexity index is 2280. The van der Waals surface area contributed by atoms with Gasteiger partial charge in [0.1, 0.15) is 17.2 Å². The van der Waals surface area contributed by atoms with E-state index in [1.54, 1.807) is 21.3 Å². The van der Waals surface area contributed by atoms with Gasteiger partial charge in [0.25, 0.3) is 35.9 Å². The van der Waals surface area contributed by atoms with Gasteiger partial charge in [-0.3, -0.25) is 28.8 Å². The highest BCUT2D eigenvalue weighted by atomic mass is 19.4. The maximum Gasteiger partial charge on any atom is 0.408 e. The van der Waals surface area contributed by atoms with Gasteiger partial charge in [0.05, 0.1) is 6.54 Å². The number of alkyl halides is 3. The smallest absolute Gasteiger partial charge is 0.408 e. The van der Waals surface area contributed by atoms with Crippen molar-refractivity contribution in [1.82, 2.24) is 19.8 Å². The number of nitrogens with one attached hydrogen (secondary N) is 2. The Balaban J connectivity index is 0.000000331. The molecule has 0 bridgehead atoms. The molecule has 1 aromatic carbocycles. The van der Waals surface area contributed by atoms with E-state index < -0.39 is 35.3 Å². The SMILES string of the molecule is CC.CC(NC(=O)c1cc2c(n(CC3CCCCC3)c1=O)CCCCCC2)C(F)(F)F.CCC1(CNC(=O)c2cc3c(n(Cc4ccc(F)c(F)c4)c2=O)CCCCCC3)CCCCC1.O=CO.O=CO. The van der Waals surface area contributed by atoms with Gasteiger partial charge in [0.15, 0.2) is 11.6 Å². The number of benzene rings is 1. The molecular weight excluding hydrogens is 928 g/mol. The molecule has 0 saturated heterocycles. The van der Waals surface area contributed by atoms with Crippen molar-refractivity contribution in [2.45, 2.75) is 201 Å². The summed E-state index contributed by atoms with van der Waals surface area (Å²) in [6.07, 6.45) is 19.4. The lowest BCUT2D eigenvalue weighted by atomic mass is 9.72. The molecule has 2 fully saturated rings. The second-order valence-electron chi connectivity index (χ2n) is 19.0. The number of halogens is 5. The summed E-state index contributed by atoms with van der Waals surface area (Å²) in [5.74, 6) is -2.70. The van der Waals surface area contributed by atoms with Crippen LogP contribution in [0.3, 0.4) is 0 Å². The Kier molecular flexibility index (Phi) is 25.8. The summed E-state index contributed by atoms with van der Waals surface area (Å²) in [6, 6.07) is 5.07. The maximum absolute atomic E-state index is 13.9. The van der Waals surface area contributed by atoms with Crippen LogP contribution in [0, 0.1) is 23.0 Å². The van der Waals surface area contributed by atoms with E-state index in [0.717, 1.165) is 164 Å². The quantitative estimate of drug-likeness (QED) is 0.115. The minimum Gasteiger partial charge on any atom is -0.483 e. The molecule has 17 heteroatoms. The first-order valence-corrected chi connectivity index (χ1v) is 25.8. The van der Waals surface area contributed by atoms with Gasteiger partial charge in [-0.05, 0) is 143 Å². The van der Waals surface area contributed by atoms with Gasteiger partial charge in [-0.15, -0.1) is 0 Å². The van der Waals surface area contributed by atoms with E-state index in [1.807, 2.05) is 19.2 Å². The van der Waals surface area contributed by atoms with Gasteiger partial charge in [0, 0.05) is 24.5 Å². The van der Waals surface area contributed by atoms with Gasteiger partial charge in [-0.1, -0.05) is 91.0 Å². The molecule has 12 nitrogen and oxygen atoms in total. The van der Waals surface area contributed by atoms with Crippen molar-refractivity contribution in [3.8, 4) is 0 Å². The molecule has 2 aromatic heterocycles. The molecule has 1 unspecified atom stereocenters. The van der Waals surface area contributed by atoms with E-state index in [1.165, 1.54) is 31.7 Å². The number of hydrogen-bond donors (Lipinski definition) is 4. The lowest BCUT2D eigenvalue weighted by molar-refractivity contribution is -0.149. The zero-order valence-electron chi connectivity index (χ0n) is 42.2. The van der Waals surface area contributed by atoms with Crippen LogP contribution in [0.2, 0.25) is 0 Å². The van der Waals surface area contributed by atoms with E-state index in [0.29, 0.717) is 24.6 Å². The van der Waals surface area contributed by atoms with Crippen molar-refractivity contribution in [2.24, 2.45) is 11.3 Å². The van der Waals surface area contributed by atoms with Crippen molar-refractivity contribution in [1.29, 1.82) is 0 Å². The minimum absolute atomic E-state index is 0.113. The summed E-state index contributed by atoms with van der Waals surface area (Å²) in [5, 5.41) is 18.8. The number of amides is 2. The van der Waals surface area contributed by atoms with E-state index in [-0.39, 0.29) is 47.5 Å². The number of fused-ring (bicyclic) bond motifs is 2. The molecule has 4 aliphatic carbocycles. The zero-order valence-corrected chi connectivity index (χ0v) is 42.2. The molecule has 396 valence electrons. The van der Waals surface area contributed by atoms with Crippen molar-refractivity contribution < 1.29 is 51.3 Å². The van der Waals surface area contributed by atoms with Crippen molar-refractivity contribution >= 4 is 24.8 Å². The molecule has 7 rings (SSSR count). The Morgan fingerprint density at radius 2 is 1.17 bits per heavy atom. The number of nitrogens with zero attached hydrogens (tertiary/aromatic N) is 2. The summed E-state index contributed by atoms with van der Waals surface area (Å²) in [4.78, 5) is 69.4. The monoisotopic (exact) mass is 1000 g/mol. The number of carboxylic acid groups (broad SMARTS) is 2. The molecular formula is C54H77F5N4O8. The Morgan fingerprint density at radius 3 is 1.68 bits per heavy atom. The standard InChI is InChI=1S/C28H36F2N2O2.C22H31F3N2O2.C2H6.2CH2O2/c1-2-28(14-8-5-9-15-28)19-31-26(33)22-17-21-10-6-3-4-7-11-25(21)32(27(22)34)18-20-12-13-23(29)24(30)16-20;1-15(22(23,24)25)26-20(28)18-13-17-11-7-2-3-8-12-19(17)27(21(18)29)14-16-9-5-4-6-10-16;1-2;2*2-1-3/h12-13,16-17H,2-11,14-15,18-19H2,1H3,(H,31,33);13,15-16H,2-12,14H2,1H3,(H,26,28);1-2H3;2*1H,(H,2,3). The number of aromatic nitrogens is 2. The number of pyridine rings is 2. The number of carbonyl (C=O) groups is 4. The first-order valence-electron chi connectivity index (χ1n) is 25.8. The number of rotatable bonds is 10. The number of hydrogen-bond acceptors (Lipinski definition) is 6. The van der Waals surface area contributed by atoms with Gasteiger partial charge in [-0.2, -0.15) is 13.2 Å². The topological polar surface area (TPSA) is 177 Å². The number of aryl methyl sites for hydroxylation is 2. The van der Waals surface area contributed by atoms with E-state index in [9.17, 15) is 41.1 Å². The summed E-state index contributed by atoms with van der Waals surface area (Å²) in [5.41, 5.74) is 3.71. The number of carbonyl (C=O) groups excluding carboxylic acids is 2. The fourth-order valence-electron chi connectivity index (χ4n) is 10.3. The molecule has 0 spiro atoms. The molecule has 0 aliphatic heterocycles. The van der Waals surface area contributed by atoms with E-state index in [2.05, 4.69) is 12.2 Å². The molecule has 2 amide bonds. The minimum atomic E-state index is -4.54. The van der Waals surface area contributed by atoms with Crippen LogP contribution in [-0.2, 0) is 48.4 Å². The van der Waals surface area contributed by atoms with Crippen molar-refractivity contribution in [3.63, 3.8) is 0 Å². The van der Waals surface area contributed by atoms with Crippen molar-refractivity contribution in [3.05, 3.63) is 102 Å². The van der Waals surface area contributed by atoms with Gasteiger partial charge < -0.3 is 30.0 Å². The van der Waals surface area contributed by atoms with Crippen LogP contribution in [0.4, 0.5) is 22.0 Å². The second-order valence-corrected chi connectivity index (χ2v) is 19.0. The third-order valence-corrected chi connectivity index (χ3v) is 14.3. The maximum atomic E-state index is 13.9. The molecule has 1 atom stereocenters. The second kappa shape index (κ2) is 30.5. The first kappa shape index (κ1) is 60.0. The van der Waals surface area contributed by atoms with Crippen LogP contribution >= 0.6 is 0 Å². The molecule has 2 heterocycles. The Labute approximate surface area is 415 Å². The normalized spacial score (nSPS) is 17.1. The fourth-order valence-corrected chi connectivity index (χ4v) is 10.3. The first-order chi connectivity index (χ1) is 34.0. The van der Waals surface area contributed by atoms with Crippen LogP contribution in [0.25, 0.3) is 0 Å². The highest BCUT2D eigenvalue weighted by molar-refractivity contribution is 5.94. The summed E-state index contributed by atoms with van der Waals surface area (Å²) < 4.78 is 69.3. The average molecular weight is 1010 g/mol. The molecule has 2 saturated carbocycles. The molecule has 3 aromatic rings. The van der Waals surface area contributed by atoms with Crippen LogP contribution in [-0.4, -0.2) is 62.9 Å². The average Bonchev–Trinajstić information content (AvgIpc) is 3.33. The van der Waals surface area contributed by atoms with E-state index in [4.69, 9.17) is 19.8 Å². The summed E-state index contributed by atoms with van der Waals surface area (Å²) in [7, 11) is 0. The van der Waals surface area contributed by atoms with Crippen LogP contribution in [0.5, 0.6) is 0 Å².